The Bertz CT molecular complexity index is 927. The van der Waals surface area contributed by atoms with E-state index in [4.69, 9.17) is 4.74 Å². The number of anilines is 5. The van der Waals surface area contributed by atoms with Gasteiger partial charge in [0.05, 0.1) is 12.5 Å². The van der Waals surface area contributed by atoms with Gasteiger partial charge in [0.2, 0.25) is 5.91 Å². The highest BCUT2D eigenvalue weighted by Gasteiger charge is 2.23. The predicted octanol–water partition coefficient (Wildman–Crippen LogP) is 3.33. The molecule has 1 amide bonds. The van der Waals surface area contributed by atoms with E-state index in [1.165, 1.54) is 6.33 Å². The molecule has 1 fully saturated rings. The van der Waals surface area contributed by atoms with E-state index in [0.717, 1.165) is 17.8 Å². The van der Waals surface area contributed by atoms with Crippen molar-refractivity contribution in [2.45, 2.75) is 6.42 Å². The zero-order valence-electron chi connectivity index (χ0n) is 15.1. The largest absolute Gasteiger partial charge is 0.381 e. The van der Waals surface area contributed by atoms with Crippen molar-refractivity contribution in [3.05, 3.63) is 61.1 Å². The molecule has 0 saturated carbocycles. The van der Waals surface area contributed by atoms with E-state index in [1.807, 2.05) is 42.5 Å². The average Bonchev–Trinajstić information content (AvgIpc) is 3.26. The normalized spacial score (nSPS) is 15.8. The SMILES string of the molecule is O=C(Nc1ccc(Nc2cc(Nc3ccccn3)ncn2)cc1)C1CCOC1. The van der Waals surface area contributed by atoms with Gasteiger partial charge in [0.15, 0.2) is 0 Å². The number of aromatic nitrogens is 3. The van der Waals surface area contributed by atoms with E-state index >= 15 is 0 Å². The first-order valence-corrected chi connectivity index (χ1v) is 9.02. The summed E-state index contributed by atoms with van der Waals surface area (Å²) in [6.45, 7) is 1.14. The number of carbonyl (C=O) groups excluding carboxylic acids is 1. The molecular weight excluding hydrogens is 356 g/mol. The minimum Gasteiger partial charge on any atom is -0.381 e. The molecule has 2 aromatic heterocycles. The third-order valence-corrected chi connectivity index (χ3v) is 4.31. The molecule has 0 aliphatic carbocycles. The summed E-state index contributed by atoms with van der Waals surface area (Å²) < 4.78 is 5.26. The number of benzene rings is 1. The quantitative estimate of drug-likeness (QED) is 0.606. The van der Waals surface area contributed by atoms with Crippen molar-refractivity contribution in [1.82, 2.24) is 15.0 Å². The van der Waals surface area contributed by atoms with Gasteiger partial charge in [0.1, 0.15) is 23.8 Å². The molecule has 8 heteroatoms. The number of carbonyl (C=O) groups is 1. The van der Waals surface area contributed by atoms with Crippen LogP contribution in [0.4, 0.5) is 28.8 Å². The number of nitrogens with one attached hydrogen (secondary N) is 3. The van der Waals surface area contributed by atoms with Crippen LogP contribution < -0.4 is 16.0 Å². The Morgan fingerprint density at radius 2 is 1.71 bits per heavy atom. The molecule has 142 valence electrons. The third kappa shape index (κ3) is 4.60. The molecule has 3 aromatic rings. The average molecular weight is 376 g/mol. The molecule has 28 heavy (non-hydrogen) atoms. The summed E-state index contributed by atoms with van der Waals surface area (Å²) >= 11 is 0. The number of hydrogen-bond acceptors (Lipinski definition) is 7. The first kappa shape index (κ1) is 17.9. The van der Waals surface area contributed by atoms with Crippen molar-refractivity contribution in [3.8, 4) is 0 Å². The number of amides is 1. The Hall–Kier alpha value is -3.52. The van der Waals surface area contributed by atoms with Crippen LogP contribution in [0.15, 0.2) is 61.1 Å². The monoisotopic (exact) mass is 376 g/mol. The van der Waals surface area contributed by atoms with E-state index in [-0.39, 0.29) is 11.8 Å². The smallest absolute Gasteiger partial charge is 0.229 e. The predicted molar refractivity (Wildman–Crippen MR) is 107 cm³/mol. The summed E-state index contributed by atoms with van der Waals surface area (Å²) in [5, 5.41) is 9.27. The Labute approximate surface area is 162 Å². The van der Waals surface area contributed by atoms with Crippen LogP contribution in [0.5, 0.6) is 0 Å². The fourth-order valence-electron chi connectivity index (χ4n) is 2.83. The van der Waals surface area contributed by atoms with Gasteiger partial charge < -0.3 is 20.7 Å². The minimum atomic E-state index is -0.0659. The molecule has 0 spiro atoms. The first-order valence-electron chi connectivity index (χ1n) is 9.02. The highest BCUT2D eigenvalue weighted by Crippen LogP contribution is 2.21. The van der Waals surface area contributed by atoms with Crippen LogP contribution in [-0.4, -0.2) is 34.1 Å². The van der Waals surface area contributed by atoms with Crippen LogP contribution in [0.1, 0.15) is 6.42 Å². The molecule has 1 unspecified atom stereocenters. The second-order valence-corrected chi connectivity index (χ2v) is 6.38. The lowest BCUT2D eigenvalue weighted by atomic mass is 10.1. The molecule has 1 aromatic carbocycles. The number of pyridine rings is 1. The highest BCUT2D eigenvalue weighted by molar-refractivity contribution is 5.93. The van der Waals surface area contributed by atoms with Crippen molar-refractivity contribution >= 4 is 34.7 Å². The molecule has 3 N–H and O–H groups in total. The zero-order chi connectivity index (χ0) is 19.2. The molecular formula is C20H20N6O2. The number of rotatable bonds is 6. The van der Waals surface area contributed by atoms with Crippen LogP contribution >= 0.6 is 0 Å². The van der Waals surface area contributed by atoms with Gasteiger partial charge in [-0.3, -0.25) is 4.79 Å². The standard InChI is InChI=1S/C20H20N6O2/c27-20(14-8-10-28-12-14)25-16-6-4-15(5-7-16)24-18-11-19(23-13-22-18)26-17-3-1-2-9-21-17/h1-7,9,11,13-14H,8,10,12H2,(H,25,27)(H2,21,22,23,24,26). The summed E-state index contributed by atoms with van der Waals surface area (Å²) in [5.74, 6) is 1.93. The maximum atomic E-state index is 12.1. The van der Waals surface area contributed by atoms with Crippen LogP contribution in [-0.2, 0) is 9.53 Å². The molecule has 0 radical (unpaired) electrons. The van der Waals surface area contributed by atoms with Gasteiger partial charge in [0, 0.05) is 30.2 Å². The van der Waals surface area contributed by atoms with Crippen molar-refractivity contribution in [3.63, 3.8) is 0 Å². The number of nitrogens with zero attached hydrogens (tertiary/aromatic N) is 3. The molecule has 3 heterocycles. The van der Waals surface area contributed by atoms with E-state index in [0.29, 0.717) is 30.7 Å². The second-order valence-electron chi connectivity index (χ2n) is 6.38. The Morgan fingerprint density at radius 1 is 0.929 bits per heavy atom. The first-order chi connectivity index (χ1) is 13.8. The van der Waals surface area contributed by atoms with Gasteiger partial charge >= 0.3 is 0 Å². The molecule has 8 nitrogen and oxygen atoms in total. The minimum absolute atomic E-state index is 0.000697. The van der Waals surface area contributed by atoms with Gasteiger partial charge in [-0.2, -0.15) is 0 Å². The van der Waals surface area contributed by atoms with Gasteiger partial charge in [-0.1, -0.05) is 6.07 Å². The molecule has 1 aliphatic heterocycles. The third-order valence-electron chi connectivity index (χ3n) is 4.31. The fourth-order valence-corrected chi connectivity index (χ4v) is 2.83. The lowest BCUT2D eigenvalue weighted by molar-refractivity contribution is -0.119. The van der Waals surface area contributed by atoms with Gasteiger partial charge in [-0.15, -0.1) is 0 Å². The molecule has 1 atom stereocenters. The maximum Gasteiger partial charge on any atom is 0.229 e. The van der Waals surface area contributed by atoms with E-state index in [1.54, 1.807) is 12.3 Å². The Balaban J connectivity index is 1.37. The molecule has 1 saturated heterocycles. The van der Waals surface area contributed by atoms with Crippen molar-refractivity contribution in [2.75, 3.05) is 29.2 Å². The van der Waals surface area contributed by atoms with Crippen molar-refractivity contribution in [2.24, 2.45) is 5.92 Å². The topological polar surface area (TPSA) is 101 Å². The van der Waals surface area contributed by atoms with E-state index < -0.39 is 0 Å². The molecule has 0 bridgehead atoms. The second kappa shape index (κ2) is 8.45. The van der Waals surface area contributed by atoms with Crippen LogP contribution in [0, 0.1) is 5.92 Å². The maximum absolute atomic E-state index is 12.1. The van der Waals surface area contributed by atoms with Crippen LogP contribution in [0.2, 0.25) is 0 Å². The van der Waals surface area contributed by atoms with E-state index in [9.17, 15) is 4.79 Å². The summed E-state index contributed by atoms with van der Waals surface area (Å²) in [7, 11) is 0. The van der Waals surface area contributed by atoms with Gasteiger partial charge in [0.25, 0.3) is 0 Å². The molecule has 1 aliphatic rings. The summed E-state index contributed by atoms with van der Waals surface area (Å²) in [6.07, 6.45) is 3.96. The lowest BCUT2D eigenvalue weighted by Gasteiger charge is -2.11. The van der Waals surface area contributed by atoms with Crippen molar-refractivity contribution < 1.29 is 9.53 Å². The lowest BCUT2D eigenvalue weighted by Crippen LogP contribution is -2.22. The Kier molecular flexibility index (Phi) is 5.39. The summed E-state index contributed by atoms with van der Waals surface area (Å²) in [6, 6.07) is 14.9. The number of ether oxygens (including phenoxy) is 1. The summed E-state index contributed by atoms with van der Waals surface area (Å²) in [4.78, 5) is 24.8. The van der Waals surface area contributed by atoms with Crippen LogP contribution in [0.3, 0.4) is 0 Å². The highest BCUT2D eigenvalue weighted by atomic mass is 16.5. The van der Waals surface area contributed by atoms with E-state index in [2.05, 4.69) is 30.9 Å². The van der Waals surface area contributed by atoms with Crippen molar-refractivity contribution in [1.29, 1.82) is 0 Å². The Morgan fingerprint density at radius 3 is 2.43 bits per heavy atom. The van der Waals surface area contributed by atoms with Gasteiger partial charge in [-0.25, -0.2) is 15.0 Å². The van der Waals surface area contributed by atoms with Crippen LogP contribution in [0.25, 0.3) is 0 Å². The number of hydrogen-bond donors (Lipinski definition) is 3. The zero-order valence-corrected chi connectivity index (χ0v) is 15.1. The molecule has 4 rings (SSSR count). The summed E-state index contributed by atoms with van der Waals surface area (Å²) in [5.41, 5.74) is 1.60. The van der Waals surface area contributed by atoms with Gasteiger partial charge in [-0.05, 0) is 42.8 Å². The fraction of sp³-hybridized carbons (Fsp3) is 0.200.